The van der Waals surface area contributed by atoms with Crippen LogP contribution in [-0.4, -0.2) is 11.7 Å². The molecular weight excluding hydrogens is 162 g/mol. The highest BCUT2D eigenvalue weighted by atomic mass is 16.3. The quantitative estimate of drug-likeness (QED) is 0.694. The van der Waals surface area contributed by atoms with Crippen LogP contribution in [0.25, 0.3) is 0 Å². The number of aromatic hydroxyl groups is 1. The number of nitrogens with two attached hydrogens (primary N) is 1. The molecule has 0 aliphatic carbocycles. The van der Waals surface area contributed by atoms with E-state index in [2.05, 4.69) is 0 Å². The van der Waals surface area contributed by atoms with Gasteiger partial charge in [0.25, 0.3) is 0 Å². The van der Waals surface area contributed by atoms with Gasteiger partial charge in [0.2, 0.25) is 0 Å². The van der Waals surface area contributed by atoms with Crippen molar-refractivity contribution in [3.8, 4) is 5.75 Å². The lowest BCUT2D eigenvalue weighted by Gasteiger charge is -2.04. The van der Waals surface area contributed by atoms with Crippen LogP contribution in [0.15, 0.2) is 18.2 Å². The number of hydrogen-bond acceptors (Lipinski definition) is 2. The van der Waals surface area contributed by atoms with E-state index in [1.807, 2.05) is 19.1 Å². The van der Waals surface area contributed by atoms with Crippen molar-refractivity contribution >= 4 is 0 Å². The molecule has 0 heterocycles. The topological polar surface area (TPSA) is 46.2 Å². The van der Waals surface area contributed by atoms with Gasteiger partial charge in [-0.1, -0.05) is 17.7 Å². The van der Waals surface area contributed by atoms with Crippen LogP contribution in [0.5, 0.6) is 5.75 Å². The van der Waals surface area contributed by atoms with Crippen molar-refractivity contribution in [3.63, 3.8) is 0 Å². The molecule has 1 rings (SSSR count). The maximum Gasteiger partial charge on any atom is 0.118 e. The summed E-state index contributed by atoms with van der Waals surface area (Å²) in [6.07, 6.45) is 2.99. The number of rotatable bonds is 4. The molecule has 0 saturated carbocycles. The van der Waals surface area contributed by atoms with E-state index in [0.29, 0.717) is 5.75 Å². The van der Waals surface area contributed by atoms with Crippen molar-refractivity contribution < 1.29 is 5.11 Å². The van der Waals surface area contributed by atoms with Crippen LogP contribution in [0.1, 0.15) is 24.0 Å². The third kappa shape index (κ3) is 3.07. The van der Waals surface area contributed by atoms with Gasteiger partial charge in [0, 0.05) is 0 Å². The molecule has 0 unspecified atom stereocenters. The summed E-state index contributed by atoms with van der Waals surface area (Å²) >= 11 is 0. The molecule has 0 aliphatic heterocycles. The molecule has 0 radical (unpaired) electrons. The fraction of sp³-hybridized carbons (Fsp3) is 0.455. The highest BCUT2D eigenvalue weighted by Gasteiger charge is 2.00. The minimum Gasteiger partial charge on any atom is -0.508 e. The molecule has 3 N–H and O–H groups in total. The van der Waals surface area contributed by atoms with Gasteiger partial charge in [0.15, 0.2) is 0 Å². The van der Waals surface area contributed by atoms with Gasteiger partial charge in [-0.25, -0.2) is 0 Å². The van der Waals surface area contributed by atoms with Crippen LogP contribution < -0.4 is 5.73 Å². The monoisotopic (exact) mass is 179 g/mol. The minimum atomic E-state index is 0.405. The average molecular weight is 179 g/mol. The molecule has 1 aromatic carbocycles. The number of phenols is 1. The molecule has 2 nitrogen and oxygen atoms in total. The van der Waals surface area contributed by atoms with Gasteiger partial charge in [-0.15, -0.1) is 0 Å². The zero-order chi connectivity index (χ0) is 9.68. The second-order valence-corrected chi connectivity index (χ2v) is 3.38. The fourth-order valence-electron chi connectivity index (χ4n) is 1.37. The van der Waals surface area contributed by atoms with E-state index >= 15 is 0 Å². The summed E-state index contributed by atoms with van der Waals surface area (Å²) in [6.45, 7) is 2.76. The molecule has 0 aromatic heterocycles. The first-order valence-corrected chi connectivity index (χ1v) is 4.72. The maximum atomic E-state index is 9.50. The van der Waals surface area contributed by atoms with Crippen molar-refractivity contribution in [2.75, 3.05) is 6.54 Å². The highest BCUT2D eigenvalue weighted by Crippen LogP contribution is 2.19. The Bertz CT molecular complexity index is 271. The standard InChI is InChI=1S/C11H17NO/c1-9-5-6-11(13)10(8-9)4-2-3-7-12/h5-6,8,13H,2-4,7,12H2,1H3. The molecule has 0 amide bonds. The summed E-state index contributed by atoms with van der Waals surface area (Å²) in [6, 6.07) is 5.71. The van der Waals surface area contributed by atoms with Crippen LogP contribution >= 0.6 is 0 Å². The van der Waals surface area contributed by atoms with Gasteiger partial charge < -0.3 is 10.8 Å². The third-order valence-corrected chi connectivity index (χ3v) is 2.14. The predicted octanol–water partition coefficient (Wildman–Crippen LogP) is 1.98. The van der Waals surface area contributed by atoms with Gasteiger partial charge in [0.1, 0.15) is 5.75 Å². The summed E-state index contributed by atoms with van der Waals surface area (Å²) in [4.78, 5) is 0. The maximum absolute atomic E-state index is 9.50. The number of aryl methyl sites for hydroxylation is 2. The third-order valence-electron chi connectivity index (χ3n) is 2.14. The van der Waals surface area contributed by atoms with Crippen molar-refractivity contribution in [3.05, 3.63) is 29.3 Å². The first kappa shape index (κ1) is 10.1. The minimum absolute atomic E-state index is 0.405. The number of hydrogen-bond donors (Lipinski definition) is 2. The lowest BCUT2D eigenvalue weighted by atomic mass is 10.0. The van der Waals surface area contributed by atoms with E-state index in [9.17, 15) is 5.11 Å². The molecular formula is C11H17NO. The summed E-state index contributed by atoms with van der Waals surface area (Å²) in [5.41, 5.74) is 7.63. The predicted molar refractivity (Wildman–Crippen MR) is 54.8 cm³/mol. The molecule has 0 fully saturated rings. The molecule has 72 valence electrons. The van der Waals surface area contributed by atoms with E-state index < -0.39 is 0 Å². The van der Waals surface area contributed by atoms with Crippen LogP contribution in [0.2, 0.25) is 0 Å². The zero-order valence-corrected chi connectivity index (χ0v) is 8.09. The van der Waals surface area contributed by atoms with E-state index in [0.717, 1.165) is 31.4 Å². The second-order valence-electron chi connectivity index (χ2n) is 3.38. The van der Waals surface area contributed by atoms with Crippen LogP contribution in [0, 0.1) is 6.92 Å². The Morgan fingerprint density at radius 3 is 2.77 bits per heavy atom. The van der Waals surface area contributed by atoms with E-state index in [1.54, 1.807) is 6.07 Å². The number of unbranched alkanes of at least 4 members (excludes halogenated alkanes) is 1. The van der Waals surface area contributed by atoms with Crippen LogP contribution in [0.4, 0.5) is 0 Å². The SMILES string of the molecule is Cc1ccc(O)c(CCCCN)c1. The van der Waals surface area contributed by atoms with Crippen LogP contribution in [0.3, 0.4) is 0 Å². The van der Waals surface area contributed by atoms with E-state index in [-0.39, 0.29) is 0 Å². The second kappa shape index (κ2) is 4.87. The van der Waals surface area contributed by atoms with Gasteiger partial charge in [-0.3, -0.25) is 0 Å². The summed E-state index contributed by atoms with van der Waals surface area (Å²) in [5.74, 6) is 0.405. The molecule has 0 saturated heterocycles. The summed E-state index contributed by atoms with van der Waals surface area (Å²) in [5, 5.41) is 9.50. The van der Waals surface area contributed by atoms with Crippen molar-refractivity contribution in [1.29, 1.82) is 0 Å². The average Bonchev–Trinajstić information content (AvgIpc) is 2.11. The molecule has 13 heavy (non-hydrogen) atoms. The van der Waals surface area contributed by atoms with Gasteiger partial charge in [-0.2, -0.15) is 0 Å². The molecule has 0 spiro atoms. The Kier molecular flexibility index (Phi) is 3.77. The number of phenolic OH excluding ortho intramolecular Hbond substituents is 1. The molecule has 2 heteroatoms. The first-order chi connectivity index (χ1) is 6.24. The van der Waals surface area contributed by atoms with Gasteiger partial charge in [-0.05, 0) is 44.4 Å². The van der Waals surface area contributed by atoms with Gasteiger partial charge in [0.05, 0.1) is 0 Å². The molecule has 0 aliphatic rings. The summed E-state index contributed by atoms with van der Waals surface area (Å²) in [7, 11) is 0. The van der Waals surface area contributed by atoms with E-state index in [1.165, 1.54) is 5.56 Å². The first-order valence-electron chi connectivity index (χ1n) is 4.72. The lowest BCUT2D eigenvalue weighted by Crippen LogP contribution is -1.99. The smallest absolute Gasteiger partial charge is 0.118 e. The summed E-state index contributed by atoms with van der Waals surface area (Å²) < 4.78 is 0. The molecule has 0 atom stereocenters. The zero-order valence-electron chi connectivity index (χ0n) is 8.09. The number of benzene rings is 1. The Labute approximate surface area is 79.4 Å². The van der Waals surface area contributed by atoms with E-state index in [4.69, 9.17) is 5.73 Å². The lowest BCUT2D eigenvalue weighted by molar-refractivity contribution is 0.466. The Morgan fingerprint density at radius 1 is 1.31 bits per heavy atom. The van der Waals surface area contributed by atoms with Gasteiger partial charge >= 0.3 is 0 Å². The largest absolute Gasteiger partial charge is 0.508 e. The Hall–Kier alpha value is -1.02. The Morgan fingerprint density at radius 2 is 2.08 bits per heavy atom. The highest BCUT2D eigenvalue weighted by molar-refractivity contribution is 5.35. The van der Waals surface area contributed by atoms with Crippen molar-refractivity contribution in [2.45, 2.75) is 26.2 Å². The Balaban J connectivity index is 2.59. The molecule has 0 bridgehead atoms. The van der Waals surface area contributed by atoms with Crippen molar-refractivity contribution in [2.24, 2.45) is 5.73 Å². The fourth-order valence-corrected chi connectivity index (χ4v) is 1.37. The molecule has 1 aromatic rings. The van der Waals surface area contributed by atoms with Crippen molar-refractivity contribution in [1.82, 2.24) is 0 Å². The van der Waals surface area contributed by atoms with Crippen LogP contribution in [-0.2, 0) is 6.42 Å². The normalized spacial score (nSPS) is 10.3.